The number of oxazole rings is 1. The minimum atomic E-state index is -0.314. The number of amides is 1. The molecular formula is C28H24N4O3S. The minimum absolute atomic E-state index is 0.0890. The Labute approximate surface area is 211 Å². The van der Waals surface area contributed by atoms with Crippen LogP contribution in [0.5, 0.6) is 0 Å². The molecule has 8 heteroatoms. The van der Waals surface area contributed by atoms with Crippen LogP contribution in [-0.4, -0.2) is 26.9 Å². The van der Waals surface area contributed by atoms with E-state index >= 15 is 0 Å². The third-order valence-corrected chi connectivity index (χ3v) is 7.69. The number of fused-ring (bicyclic) bond motifs is 1. The molecule has 7 nitrogen and oxygen atoms in total. The molecule has 1 aliphatic carbocycles. The quantitative estimate of drug-likeness (QED) is 0.259. The van der Waals surface area contributed by atoms with Gasteiger partial charge in [-0.2, -0.15) is 5.10 Å². The average Bonchev–Trinajstić information content (AvgIpc) is 3.69. The maximum absolute atomic E-state index is 13.2. The van der Waals surface area contributed by atoms with Crippen molar-refractivity contribution in [2.75, 3.05) is 5.32 Å². The molecule has 5 aromatic rings. The summed E-state index contributed by atoms with van der Waals surface area (Å²) >= 11 is 1.44. The number of hydrogen-bond acceptors (Lipinski definition) is 6. The van der Waals surface area contributed by atoms with Gasteiger partial charge in [-0.3, -0.25) is 14.7 Å². The van der Waals surface area contributed by atoms with E-state index < -0.39 is 0 Å². The van der Waals surface area contributed by atoms with Crippen molar-refractivity contribution in [1.29, 1.82) is 0 Å². The number of aromatic amines is 1. The summed E-state index contributed by atoms with van der Waals surface area (Å²) in [7, 11) is 0. The Bertz CT molecular complexity index is 1480. The van der Waals surface area contributed by atoms with Gasteiger partial charge >= 0.3 is 0 Å². The molecule has 3 heterocycles. The highest BCUT2D eigenvalue weighted by Gasteiger charge is 2.36. The maximum atomic E-state index is 13.2. The van der Waals surface area contributed by atoms with Gasteiger partial charge in [0.25, 0.3) is 0 Å². The SMILES string of the molecule is O=C(Nc1ccc(-c2[nH]ncc2-c2nc3ccccc3o2)cc1)C1CCCCC1C(=O)c1cccs1. The Morgan fingerprint density at radius 3 is 2.56 bits per heavy atom. The minimum Gasteiger partial charge on any atom is -0.436 e. The first-order chi connectivity index (χ1) is 17.7. The zero-order chi connectivity index (χ0) is 24.5. The van der Waals surface area contributed by atoms with Crippen LogP contribution in [0, 0.1) is 11.8 Å². The number of nitrogens with zero attached hydrogens (tertiary/aromatic N) is 2. The number of H-pyrrole nitrogens is 1. The summed E-state index contributed by atoms with van der Waals surface area (Å²) in [6.45, 7) is 0. The molecular weight excluding hydrogens is 472 g/mol. The van der Waals surface area contributed by atoms with Crippen LogP contribution in [0.1, 0.15) is 35.4 Å². The Kier molecular flexibility index (Phi) is 5.95. The molecule has 0 spiro atoms. The zero-order valence-corrected chi connectivity index (χ0v) is 20.3. The molecule has 2 aromatic carbocycles. The summed E-state index contributed by atoms with van der Waals surface area (Å²) in [6, 6.07) is 18.9. The molecule has 180 valence electrons. The van der Waals surface area contributed by atoms with Crippen LogP contribution in [0.4, 0.5) is 5.69 Å². The van der Waals surface area contributed by atoms with Crippen molar-refractivity contribution < 1.29 is 14.0 Å². The van der Waals surface area contributed by atoms with Crippen molar-refractivity contribution in [1.82, 2.24) is 15.2 Å². The number of benzene rings is 2. The number of para-hydroxylation sites is 2. The van der Waals surface area contributed by atoms with Gasteiger partial charge in [0, 0.05) is 23.1 Å². The number of aromatic nitrogens is 3. The van der Waals surface area contributed by atoms with Gasteiger partial charge in [-0.1, -0.05) is 43.2 Å². The van der Waals surface area contributed by atoms with E-state index in [1.165, 1.54) is 11.3 Å². The largest absolute Gasteiger partial charge is 0.436 e. The third kappa shape index (κ3) is 4.24. The highest BCUT2D eigenvalue weighted by molar-refractivity contribution is 7.12. The van der Waals surface area contributed by atoms with Crippen molar-refractivity contribution >= 4 is 39.8 Å². The van der Waals surface area contributed by atoms with E-state index in [1.807, 2.05) is 66.0 Å². The number of thiophene rings is 1. The van der Waals surface area contributed by atoms with E-state index in [0.717, 1.165) is 58.5 Å². The van der Waals surface area contributed by atoms with Gasteiger partial charge in [0.1, 0.15) is 5.52 Å². The van der Waals surface area contributed by atoms with E-state index in [2.05, 4.69) is 20.5 Å². The van der Waals surface area contributed by atoms with Gasteiger partial charge in [0.15, 0.2) is 11.4 Å². The van der Waals surface area contributed by atoms with Gasteiger partial charge in [-0.05, 0) is 48.6 Å². The van der Waals surface area contributed by atoms with Crippen molar-refractivity contribution in [2.24, 2.45) is 11.8 Å². The normalized spacial score (nSPS) is 17.8. The first-order valence-corrected chi connectivity index (χ1v) is 12.9. The molecule has 0 aliphatic heterocycles. The summed E-state index contributed by atoms with van der Waals surface area (Å²) in [5, 5.41) is 12.2. The highest BCUT2D eigenvalue weighted by Crippen LogP contribution is 2.35. The highest BCUT2D eigenvalue weighted by atomic mass is 32.1. The summed E-state index contributed by atoms with van der Waals surface area (Å²) in [5.41, 5.74) is 4.65. The number of ketones is 1. The smallest absolute Gasteiger partial charge is 0.231 e. The second-order valence-electron chi connectivity index (χ2n) is 9.05. The average molecular weight is 497 g/mol. The van der Waals surface area contributed by atoms with Gasteiger partial charge in [-0.25, -0.2) is 4.98 Å². The Morgan fingerprint density at radius 1 is 0.972 bits per heavy atom. The molecule has 1 amide bonds. The van der Waals surface area contributed by atoms with Crippen LogP contribution in [0.2, 0.25) is 0 Å². The molecule has 3 aromatic heterocycles. The number of carbonyl (C=O) groups excluding carboxylic acids is 2. The lowest BCUT2D eigenvalue weighted by molar-refractivity contribution is -0.121. The zero-order valence-electron chi connectivity index (χ0n) is 19.4. The topological polar surface area (TPSA) is 101 Å². The van der Waals surface area contributed by atoms with Crippen molar-refractivity contribution in [3.05, 3.63) is 77.1 Å². The molecule has 2 unspecified atom stereocenters. The molecule has 0 bridgehead atoms. The number of nitrogens with one attached hydrogen (secondary N) is 2. The molecule has 1 saturated carbocycles. The van der Waals surface area contributed by atoms with Crippen molar-refractivity contribution in [3.8, 4) is 22.7 Å². The number of Topliss-reactive ketones (excluding diaryl/α,β-unsaturated/α-hetero) is 1. The number of anilines is 1. The predicted molar refractivity (Wildman–Crippen MR) is 140 cm³/mol. The molecule has 1 aliphatic rings. The van der Waals surface area contributed by atoms with Crippen LogP contribution in [0.15, 0.2) is 76.7 Å². The van der Waals surface area contributed by atoms with E-state index in [9.17, 15) is 9.59 Å². The van der Waals surface area contributed by atoms with E-state index in [1.54, 1.807) is 6.20 Å². The Hall–Kier alpha value is -4.04. The predicted octanol–water partition coefficient (Wildman–Crippen LogP) is 6.57. The Morgan fingerprint density at radius 2 is 1.78 bits per heavy atom. The molecule has 6 rings (SSSR count). The third-order valence-electron chi connectivity index (χ3n) is 6.81. The lowest BCUT2D eigenvalue weighted by Crippen LogP contribution is -2.36. The van der Waals surface area contributed by atoms with Gasteiger partial charge < -0.3 is 9.73 Å². The number of hydrogen-bond donors (Lipinski definition) is 2. The maximum Gasteiger partial charge on any atom is 0.231 e. The number of carbonyl (C=O) groups is 2. The van der Waals surface area contributed by atoms with Crippen LogP contribution in [0.3, 0.4) is 0 Å². The van der Waals surface area contributed by atoms with Crippen LogP contribution < -0.4 is 5.32 Å². The summed E-state index contributed by atoms with van der Waals surface area (Å²) < 4.78 is 5.92. The second kappa shape index (κ2) is 9.54. The fourth-order valence-electron chi connectivity index (χ4n) is 4.97. The van der Waals surface area contributed by atoms with Crippen LogP contribution >= 0.6 is 11.3 Å². The lowest BCUT2D eigenvalue weighted by Gasteiger charge is -2.29. The molecule has 2 N–H and O–H groups in total. The van der Waals surface area contributed by atoms with E-state index in [-0.39, 0.29) is 23.5 Å². The first kappa shape index (κ1) is 22.4. The van der Waals surface area contributed by atoms with E-state index in [4.69, 9.17) is 4.42 Å². The number of rotatable bonds is 6. The Balaban J connectivity index is 1.19. The first-order valence-electron chi connectivity index (χ1n) is 12.1. The van der Waals surface area contributed by atoms with Crippen LogP contribution in [-0.2, 0) is 4.79 Å². The fraction of sp³-hybridized carbons (Fsp3) is 0.214. The summed E-state index contributed by atoms with van der Waals surface area (Å²) in [6.07, 6.45) is 5.12. The standard InChI is InChI=1S/C28H24N4O3S/c33-26(24-10-5-15-36-24)19-6-1-2-7-20(19)27(34)30-18-13-11-17(12-14-18)25-21(16-29-32-25)28-31-22-8-3-4-9-23(22)35-28/h3-5,8-16,19-20H,1-2,6-7H2,(H,29,32)(H,30,34). The summed E-state index contributed by atoms with van der Waals surface area (Å²) in [5.74, 6) is -0.0831. The van der Waals surface area contributed by atoms with Gasteiger partial charge in [0.2, 0.25) is 11.8 Å². The molecule has 0 saturated heterocycles. The second-order valence-corrected chi connectivity index (χ2v) is 10.00. The van der Waals surface area contributed by atoms with Gasteiger partial charge in [0.05, 0.1) is 22.3 Å². The fourth-order valence-corrected chi connectivity index (χ4v) is 5.70. The van der Waals surface area contributed by atoms with Gasteiger partial charge in [-0.15, -0.1) is 11.3 Å². The van der Waals surface area contributed by atoms with Crippen LogP contribution in [0.25, 0.3) is 33.8 Å². The molecule has 1 fully saturated rings. The van der Waals surface area contributed by atoms with Crippen molar-refractivity contribution in [2.45, 2.75) is 25.7 Å². The molecule has 0 radical (unpaired) electrons. The lowest BCUT2D eigenvalue weighted by atomic mass is 9.76. The summed E-state index contributed by atoms with van der Waals surface area (Å²) in [4.78, 5) is 31.5. The van der Waals surface area contributed by atoms with Crippen molar-refractivity contribution in [3.63, 3.8) is 0 Å². The molecule has 2 atom stereocenters. The van der Waals surface area contributed by atoms with E-state index in [0.29, 0.717) is 11.6 Å². The molecule has 36 heavy (non-hydrogen) atoms. The monoisotopic (exact) mass is 496 g/mol.